The van der Waals surface area contributed by atoms with Crippen molar-refractivity contribution in [1.29, 1.82) is 0 Å². The number of ether oxygens (including phenoxy) is 5. The van der Waals surface area contributed by atoms with Gasteiger partial charge in [-0.15, -0.1) is 0 Å². The smallest absolute Gasteiger partial charge is 0.187 e. The predicted molar refractivity (Wildman–Crippen MR) is 108 cm³/mol. The topological polar surface area (TPSA) is 147 Å². The van der Waals surface area contributed by atoms with Gasteiger partial charge in [0.2, 0.25) is 0 Å². The number of hydrogen-bond acceptors (Lipinski definition) is 10. The van der Waals surface area contributed by atoms with Gasteiger partial charge in [-0.25, -0.2) is 0 Å². The van der Waals surface area contributed by atoms with Gasteiger partial charge in [-0.2, -0.15) is 0 Å². The molecule has 33 heavy (non-hydrogen) atoms. The molecule has 6 bridgehead atoms. The maximum atomic E-state index is 10.6. The summed E-state index contributed by atoms with van der Waals surface area (Å²) in [4.78, 5) is 0. The van der Waals surface area contributed by atoms with Crippen molar-refractivity contribution in [2.75, 3.05) is 13.2 Å². The summed E-state index contributed by atoms with van der Waals surface area (Å²) in [5, 5.41) is 51.0. The van der Waals surface area contributed by atoms with Crippen LogP contribution in [0.15, 0.2) is 30.3 Å². The molecule has 11 atom stereocenters. The van der Waals surface area contributed by atoms with Gasteiger partial charge in [0.15, 0.2) is 18.4 Å². The Balaban J connectivity index is 1.29. The summed E-state index contributed by atoms with van der Waals surface area (Å²) in [7, 11) is 0. The molecule has 4 aliphatic heterocycles. The highest BCUT2D eigenvalue weighted by atomic mass is 16.8. The van der Waals surface area contributed by atoms with E-state index in [4.69, 9.17) is 23.7 Å². The van der Waals surface area contributed by atoms with Crippen molar-refractivity contribution in [1.82, 2.24) is 0 Å². The van der Waals surface area contributed by atoms with Gasteiger partial charge < -0.3 is 49.2 Å². The molecule has 1 aromatic rings. The summed E-state index contributed by atoms with van der Waals surface area (Å²) in [5.41, 5.74) is -1.91. The molecule has 4 heterocycles. The molecular formula is C23H30O10. The maximum absolute atomic E-state index is 10.6. The van der Waals surface area contributed by atoms with Gasteiger partial charge in [-0.3, -0.25) is 0 Å². The molecule has 0 aromatic heterocycles. The molecular weight excluding hydrogens is 436 g/mol. The van der Waals surface area contributed by atoms with Crippen molar-refractivity contribution < 1.29 is 49.2 Å². The van der Waals surface area contributed by atoms with Crippen molar-refractivity contribution in [2.24, 2.45) is 11.3 Å². The number of rotatable bonds is 7. The van der Waals surface area contributed by atoms with E-state index in [1.807, 2.05) is 37.3 Å². The molecule has 7 aliphatic rings. The minimum absolute atomic E-state index is 0.204. The van der Waals surface area contributed by atoms with Crippen LogP contribution in [0.1, 0.15) is 25.3 Å². The number of benzene rings is 1. The molecule has 0 unspecified atom stereocenters. The number of aliphatic hydroxyl groups excluding tert-OH is 5. The summed E-state index contributed by atoms with van der Waals surface area (Å²) < 4.78 is 30.9. The standard InChI is InChI=1S/C23H30O10/c1-20-10-22(29-9-12-5-3-2-4-6-12)14-7-23(20,21(14,11-25)19(32-20)33-22)31-18-17(28)16(27)15(26)13(8-24)30-18/h2-6,13-19,24-28H,7-11H2,1H3/t13-,14-,15-,16+,17-,18+,19-,20+,21+,22-,23+/m1/s1. The monoisotopic (exact) mass is 466 g/mol. The number of hydrogen-bond donors (Lipinski definition) is 5. The first-order valence-corrected chi connectivity index (χ1v) is 11.4. The van der Waals surface area contributed by atoms with Crippen LogP contribution >= 0.6 is 0 Å². The zero-order chi connectivity index (χ0) is 23.2. The van der Waals surface area contributed by atoms with Gasteiger partial charge in [0.05, 0.1) is 25.2 Å². The van der Waals surface area contributed by atoms with Crippen LogP contribution in [0.3, 0.4) is 0 Å². The molecule has 8 rings (SSSR count). The van der Waals surface area contributed by atoms with Gasteiger partial charge in [0, 0.05) is 12.3 Å². The van der Waals surface area contributed by atoms with Crippen LogP contribution in [0, 0.1) is 11.3 Å². The van der Waals surface area contributed by atoms with E-state index in [9.17, 15) is 25.5 Å². The van der Waals surface area contributed by atoms with Crippen molar-refractivity contribution in [2.45, 2.75) is 80.4 Å². The van der Waals surface area contributed by atoms with Crippen LogP contribution in [-0.4, -0.2) is 92.7 Å². The van der Waals surface area contributed by atoms with E-state index in [-0.39, 0.29) is 12.5 Å². The van der Waals surface area contributed by atoms with E-state index in [0.29, 0.717) is 19.4 Å². The third kappa shape index (κ3) is 2.57. The van der Waals surface area contributed by atoms with Crippen molar-refractivity contribution in [3.63, 3.8) is 0 Å². The fourth-order valence-electron chi connectivity index (χ4n) is 6.99. The average Bonchev–Trinajstić information content (AvgIpc) is 3.02. The Morgan fingerprint density at radius 3 is 2.48 bits per heavy atom. The second-order valence-electron chi connectivity index (χ2n) is 10.2. The lowest BCUT2D eigenvalue weighted by Crippen LogP contribution is -2.81. The Labute approximate surface area is 190 Å². The minimum atomic E-state index is -1.56. The normalized spacial score (nSPS) is 53.9. The lowest BCUT2D eigenvalue weighted by atomic mass is 9.41. The molecule has 0 spiro atoms. The van der Waals surface area contributed by atoms with E-state index in [1.165, 1.54) is 0 Å². The molecule has 10 heteroatoms. The molecule has 3 saturated carbocycles. The van der Waals surface area contributed by atoms with E-state index in [1.54, 1.807) is 0 Å². The third-order valence-electron chi connectivity index (χ3n) is 8.68. The van der Waals surface area contributed by atoms with Crippen LogP contribution in [0.2, 0.25) is 0 Å². The highest BCUT2D eigenvalue weighted by Crippen LogP contribution is 2.82. The lowest BCUT2D eigenvalue weighted by molar-refractivity contribution is -0.432. The van der Waals surface area contributed by atoms with Crippen LogP contribution < -0.4 is 0 Å². The van der Waals surface area contributed by atoms with Gasteiger partial charge in [0.25, 0.3) is 0 Å². The highest BCUT2D eigenvalue weighted by molar-refractivity contribution is 5.37. The fourth-order valence-corrected chi connectivity index (χ4v) is 6.99. The molecule has 3 aliphatic carbocycles. The van der Waals surface area contributed by atoms with E-state index in [0.717, 1.165) is 5.56 Å². The molecule has 1 aromatic carbocycles. The van der Waals surface area contributed by atoms with Crippen LogP contribution in [-0.2, 0) is 30.3 Å². The Morgan fingerprint density at radius 2 is 1.79 bits per heavy atom. The summed E-state index contributed by atoms with van der Waals surface area (Å²) in [6.45, 7) is 1.38. The molecule has 5 N–H and O–H groups in total. The van der Waals surface area contributed by atoms with E-state index in [2.05, 4.69) is 0 Å². The summed E-state index contributed by atoms with van der Waals surface area (Å²) in [6.07, 6.45) is -6.98. The SMILES string of the molecule is C[C@@]12C[C@@]3(OCc4ccccc4)O[C@@H](O1)[C@]1(CO)[C@H]3C[C@@]12O[C@@H]1O[C@H](CO)[C@@H](O)[C@H](O)[C@H]1O. The van der Waals surface area contributed by atoms with Crippen molar-refractivity contribution in [3.8, 4) is 0 Å². The summed E-state index contributed by atoms with van der Waals surface area (Å²) >= 11 is 0. The van der Waals surface area contributed by atoms with Crippen molar-refractivity contribution >= 4 is 0 Å². The Hall–Kier alpha value is -1.18. The molecule has 10 nitrogen and oxygen atoms in total. The molecule has 182 valence electrons. The first-order chi connectivity index (χ1) is 15.8. The number of aliphatic hydroxyl groups is 5. The van der Waals surface area contributed by atoms with Crippen molar-refractivity contribution in [3.05, 3.63) is 35.9 Å². The van der Waals surface area contributed by atoms with Gasteiger partial charge in [-0.1, -0.05) is 30.3 Å². The second-order valence-corrected chi connectivity index (χ2v) is 10.2. The average molecular weight is 466 g/mol. The van der Waals surface area contributed by atoms with Crippen LogP contribution in [0.25, 0.3) is 0 Å². The molecule has 0 amide bonds. The lowest BCUT2D eigenvalue weighted by Gasteiger charge is -2.68. The van der Waals surface area contributed by atoms with Gasteiger partial charge >= 0.3 is 0 Å². The zero-order valence-corrected chi connectivity index (χ0v) is 18.2. The largest absolute Gasteiger partial charge is 0.395 e. The second kappa shape index (κ2) is 7.17. The molecule has 7 fully saturated rings. The quantitative estimate of drug-likeness (QED) is 0.339. The van der Waals surface area contributed by atoms with Crippen LogP contribution in [0.4, 0.5) is 0 Å². The summed E-state index contributed by atoms with van der Waals surface area (Å²) in [6, 6.07) is 9.76. The third-order valence-corrected chi connectivity index (χ3v) is 8.68. The molecule has 4 saturated heterocycles. The Bertz CT molecular complexity index is 914. The zero-order valence-electron chi connectivity index (χ0n) is 18.2. The minimum Gasteiger partial charge on any atom is -0.395 e. The van der Waals surface area contributed by atoms with Gasteiger partial charge in [-0.05, 0) is 18.9 Å². The predicted octanol–water partition coefficient (Wildman–Crippen LogP) is -0.998. The first-order valence-electron chi connectivity index (χ1n) is 11.4. The van der Waals surface area contributed by atoms with E-state index >= 15 is 0 Å². The fraction of sp³-hybridized carbons (Fsp3) is 0.739. The van der Waals surface area contributed by atoms with E-state index < -0.39 is 66.0 Å². The van der Waals surface area contributed by atoms with Gasteiger partial charge in [0.1, 0.15) is 35.6 Å². The first kappa shape index (κ1) is 22.3. The van der Waals surface area contributed by atoms with Crippen LogP contribution in [0.5, 0.6) is 0 Å². The Morgan fingerprint density at radius 1 is 1.03 bits per heavy atom. The highest BCUT2D eigenvalue weighted by Gasteiger charge is 2.94. The summed E-state index contributed by atoms with van der Waals surface area (Å²) in [5.74, 6) is -1.14. The maximum Gasteiger partial charge on any atom is 0.187 e. The Kier molecular flexibility index (Phi) is 4.84. The molecule has 0 radical (unpaired) electrons.